The van der Waals surface area contributed by atoms with Crippen LogP contribution in [0.5, 0.6) is 0 Å². The van der Waals surface area contributed by atoms with Gasteiger partial charge in [0.15, 0.2) is 0 Å². The number of benzene rings is 1. The lowest BCUT2D eigenvalue weighted by atomic mass is 10.0. The molecule has 1 aromatic heterocycles. The molecule has 1 fully saturated rings. The smallest absolute Gasteiger partial charge is 0.356 e. The molecule has 2 aliphatic rings. The van der Waals surface area contributed by atoms with Crippen molar-refractivity contribution < 1.29 is 14.3 Å². The number of carbonyl (C=O) groups excluding carboxylic acids is 2. The van der Waals surface area contributed by atoms with Crippen LogP contribution in [0, 0.1) is 0 Å². The van der Waals surface area contributed by atoms with Gasteiger partial charge < -0.3 is 9.64 Å². The number of thioether (sulfide) groups is 1. The molecule has 4 rings (SSSR count). The van der Waals surface area contributed by atoms with Crippen LogP contribution in [0.15, 0.2) is 64.6 Å². The maximum absolute atomic E-state index is 12.6. The largest absolute Gasteiger partial charge is 0.456 e. The van der Waals surface area contributed by atoms with E-state index in [1.165, 1.54) is 18.1 Å². The lowest BCUT2D eigenvalue weighted by molar-refractivity contribution is -0.150. The first kappa shape index (κ1) is 15.8. The van der Waals surface area contributed by atoms with Crippen molar-refractivity contribution in [1.29, 1.82) is 0 Å². The quantitative estimate of drug-likeness (QED) is 0.467. The molecule has 6 nitrogen and oxygen atoms in total. The highest BCUT2D eigenvalue weighted by atomic mass is 32.2. The molecule has 0 N–H and O–H groups in total. The molecular weight excluding hydrogens is 338 g/mol. The van der Waals surface area contributed by atoms with Crippen LogP contribution in [0.2, 0.25) is 0 Å². The van der Waals surface area contributed by atoms with E-state index in [-0.39, 0.29) is 18.6 Å². The average Bonchev–Trinajstić information content (AvgIpc) is 2.93. The van der Waals surface area contributed by atoms with Crippen molar-refractivity contribution in [2.45, 2.75) is 30.5 Å². The first-order valence-corrected chi connectivity index (χ1v) is 8.74. The standard InChI is InChI=1S/C18H15N3O3S/c22-16-9-13-8-14(25-15-6-7-19-11-20-15)17(21(13)16)18(23)24-10-12-4-2-1-3-5-12/h1-7,11,13H,8-10H2. The Kier molecular flexibility index (Phi) is 4.23. The maximum atomic E-state index is 12.6. The Balaban J connectivity index is 1.54. The fraction of sp³-hybridized carbons (Fsp3) is 0.222. The SMILES string of the molecule is O=C(OCc1ccccc1)C1=C(Sc2ccncn2)CC2CC(=O)N12. The van der Waals surface area contributed by atoms with Gasteiger partial charge in [-0.05, 0) is 11.6 Å². The van der Waals surface area contributed by atoms with Gasteiger partial charge in [-0.1, -0.05) is 42.1 Å². The molecule has 2 aliphatic heterocycles. The van der Waals surface area contributed by atoms with Crippen LogP contribution in [0.4, 0.5) is 0 Å². The molecule has 1 atom stereocenters. The molecule has 2 aromatic rings. The van der Waals surface area contributed by atoms with Crippen molar-refractivity contribution in [1.82, 2.24) is 14.9 Å². The topological polar surface area (TPSA) is 72.4 Å². The molecule has 0 aliphatic carbocycles. The molecule has 3 heterocycles. The van der Waals surface area contributed by atoms with Crippen LogP contribution < -0.4 is 0 Å². The van der Waals surface area contributed by atoms with Crippen molar-refractivity contribution >= 4 is 23.6 Å². The summed E-state index contributed by atoms with van der Waals surface area (Å²) in [5.41, 5.74) is 1.27. The first-order valence-electron chi connectivity index (χ1n) is 7.92. The Bertz CT molecular complexity index is 839. The summed E-state index contributed by atoms with van der Waals surface area (Å²) in [7, 11) is 0. The molecule has 0 bridgehead atoms. The Morgan fingerprint density at radius 1 is 1.24 bits per heavy atom. The van der Waals surface area contributed by atoms with Crippen LogP contribution in [-0.4, -0.2) is 32.8 Å². The normalized spacial score (nSPS) is 18.8. The maximum Gasteiger partial charge on any atom is 0.356 e. The van der Waals surface area contributed by atoms with Crippen LogP contribution in [0.25, 0.3) is 0 Å². The minimum atomic E-state index is -0.462. The lowest BCUT2D eigenvalue weighted by Crippen LogP contribution is -2.49. The zero-order valence-electron chi connectivity index (χ0n) is 13.3. The fourth-order valence-corrected chi connectivity index (χ4v) is 3.99. The third-order valence-corrected chi connectivity index (χ3v) is 5.22. The molecular formula is C18H15N3O3S. The van der Waals surface area contributed by atoms with Gasteiger partial charge in [0.2, 0.25) is 5.91 Å². The summed E-state index contributed by atoms with van der Waals surface area (Å²) >= 11 is 1.39. The first-order chi connectivity index (χ1) is 12.2. The molecule has 1 unspecified atom stereocenters. The summed E-state index contributed by atoms with van der Waals surface area (Å²) in [6.45, 7) is 0.182. The third-order valence-electron chi connectivity index (χ3n) is 4.16. The summed E-state index contributed by atoms with van der Waals surface area (Å²) < 4.78 is 5.44. The second-order valence-electron chi connectivity index (χ2n) is 5.81. The van der Waals surface area contributed by atoms with Crippen LogP contribution in [0.1, 0.15) is 18.4 Å². The number of hydrogen-bond acceptors (Lipinski definition) is 6. The average molecular weight is 353 g/mol. The molecule has 1 amide bonds. The number of carbonyl (C=O) groups is 2. The Hall–Kier alpha value is -2.67. The number of rotatable bonds is 5. The zero-order valence-corrected chi connectivity index (χ0v) is 14.1. The fourth-order valence-electron chi connectivity index (χ4n) is 2.96. The van der Waals surface area contributed by atoms with Gasteiger partial charge in [0.1, 0.15) is 23.7 Å². The highest BCUT2D eigenvalue weighted by Gasteiger charge is 2.48. The Morgan fingerprint density at radius 2 is 2.08 bits per heavy atom. The van der Waals surface area contributed by atoms with Crippen molar-refractivity contribution in [3.8, 4) is 0 Å². The highest BCUT2D eigenvalue weighted by Crippen LogP contribution is 2.45. The van der Waals surface area contributed by atoms with Crippen LogP contribution >= 0.6 is 11.8 Å². The van der Waals surface area contributed by atoms with Gasteiger partial charge in [0, 0.05) is 23.9 Å². The molecule has 0 radical (unpaired) electrons. The minimum absolute atomic E-state index is 0.0325. The van der Waals surface area contributed by atoms with E-state index in [0.29, 0.717) is 18.5 Å². The number of nitrogens with zero attached hydrogens (tertiary/aromatic N) is 3. The molecule has 0 saturated carbocycles. The monoisotopic (exact) mass is 353 g/mol. The van der Waals surface area contributed by atoms with Gasteiger partial charge >= 0.3 is 5.97 Å². The second kappa shape index (κ2) is 6.68. The van der Waals surface area contributed by atoms with Gasteiger partial charge in [0.05, 0.1) is 6.04 Å². The highest BCUT2D eigenvalue weighted by molar-refractivity contribution is 8.03. The van der Waals surface area contributed by atoms with Crippen molar-refractivity contribution in [2.75, 3.05) is 0 Å². The van der Waals surface area contributed by atoms with Crippen molar-refractivity contribution in [3.05, 3.63) is 65.1 Å². The van der Waals surface area contributed by atoms with Gasteiger partial charge in [-0.25, -0.2) is 14.8 Å². The van der Waals surface area contributed by atoms with E-state index in [1.807, 2.05) is 30.3 Å². The molecule has 126 valence electrons. The molecule has 1 aromatic carbocycles. The molecule has 25 heavy (non-hydrogen) atoms. The summed E-state index contributed by atoms with van der Waals surface area (Å²) in [4.78, 5) is 35.1. The minimum Gasteiger partial charge on any atom is -0.456 e. The van der Waals surface area contributed by atoms with E-state index in [4.69, 9.17) is 4.74 Å². The number of hydrogen-bond donors (Lipinski definition) is 0. The van der Waals surface area contributed by atoms with Crippen molar-refractivity contribution in [3.63, 3.8) is 0 Å². The summed E-state index contributed by atoms with van der Waals surface area (Å²) in [5.74, 6) is -0.495. The van der Waals surface area contributed by atoms with Gasteiger partial charge in [-0.3, -0.25) is 4.79 Å². The number of esters is 1. The third kappa shape index (κ3) is 3.15. The van der Waals surface area contributed by atoms with Gasteiger partial charge in [0.25, 0.3) is 0 Å². The summed E-state index contributed by atoms with van der Waals surface area (Å²) in [6, 6.07) is 11.3. The Labute approximate surface area is 148 Å². The van der Waals surface area contributed by atoms with Gasteiger partial charge in [-0.15, -0.1) is 0 Å². The van der Waals surface area contributed by atoms with Crippen LogP contribution in [0.3, 0.4) is 0 Å². The number of ether oxygens (including phenoxy) is 1. The number of amides is 1. The Morgan fingerprint density at radius 3 is 2.80 bits per heavy atom. The predicted molar refractivity (Wildman–Crippen MR) is 91.0 cm³/mol. The second-order valence-corrected chi connectivity index (χ2v) is 6.92. The summed E-state index contributed by atoms with van der Waals surface area (Å²) in [5, 5.41) is 0.744. The van der Waals surface area contributed by atoms with E-state index < -0.39 is 5.97 Å². The van der Waals surface area contributed by atoms with Crippen molar-refractivity contribution in [2.24, 2.45) is 0 Å². The van der Waals surface area contributed by atoms with Gasteiger partial charge in [-0.2, -0.15) is 0 Å². The van der Waals surface area contributed by atoms with E-state index in [2.05, 4.69) is 9.97 Å². The zero-order chi connectivity index (χ0) is 17.2. The van der Waals surface area contributed by atoms with Crippen LogP contribution in [-0.2, 0) is 20.9 Å². The van der Waals surface area contributed by atoms with E-state index in [9.17, 15) is 9.59 Å². The number of β-lactam (4-membered cyclic amide) rings is 1. The summed E-state index contributed by atoms with van der Waals surface area (Å²) in [6.07, 6.45) is 4.25. The molecule has 0 spiro atoms. The predicted octanol–water partition coefficient (Wildman–Crippen LogP) is 2.53. The number of fused-ring (bicyclic) bond motifs is 1. The molecule has 7 heteroatoms. The number of aromatic nitrogens is 2. The molecule has 1 saturated heterocycles. The van der Waals surface area contributed by atoms with E-state index in [1.54, 1.807) is 17.2 Å². The lowest BCUT2D eigenvalue weighted by Gasteiger charge is -2.35. The van der Waals surface area contributed by atoms with E-state index >= 15 is 0 Å². The van der Waals surface area contributed by atoms with E-state index in [0.717, 1.165) is 15.5 Å².